The first kappa shape index (κ1) is 15.8. The molecule has 0 aromatic carbocycles. The summed E-state index contributed by atoms with van der Waals surface area (Å²) in [4.78, 5) is 24.1. The SMILES string of the molecule is COC(=O)CN(C)C(=O)C1CCCCC1C(F)(F)F. The van der Waals surface area contributed by atoms with Crippen molar-refractivity contribution in [2.45, 2.75) is 31.9 Å². The fraction of sp³-hybridized carbons (Fsp3) is 0.833. The Bertz CT molecular complexity index is 344. The predicted molar refractivity (Wildman–Crippen MR) is 61.2 cm³/mol. The van der Waals surface area contributed by atoms with Gasteiger partial charge in [-0.25, -0.2) is 0 Å². The van der Waals surface area contributed by atoms with Crippen molar-refractivity contribution in [2.75, 3.05) is 20.7 Å². The van der Waals surface area contributed by atoms with E-state index in [0.29, 0.717) is 12.8 Å². The van der Waals surface area contributed by atoms with E-state index in [2.05, 4.69) is 4.74 Å². The van der Waals surface area contributed by atoms with Gasteiger partial charge in [0.15, 0.2) is 0 Å². The molecule has 1 fully saturated rings. The molecule has 1 rings (SSSR count). The van der Waals surface area contributed by atoms with E-state index >= 15 is 0 Å². The second-order valence-electron chi connectivity index (χ2n) is 4.81. The minimum Gasteiger partial charge on any atom is -0.468 e. The fourth-order valence-electron chi connectivity index (χ4n) is 2.44. The van der Waals surface area contributed by atoms with Crippen LogP contribution in [0, 0.1) is 11.8 Å². The number of hydrogen-bond donors (Lipinski definition) is 0. The average molecular weight is 281 g/mol. The van der Waals surface area contributed by atoms with Crippen LogP contribution in [0.4, 0.5) is 13.2 Å². The van der Waals surface area contributed by atoms with Crippen molar-refractivity contribution >= 4 is 11.9 Å². The van der Waals surface area contributed by atoms with Crippen LogP contribution < -0.4 is 0 Å². The first-order chi connectivity index (χ1) is 8.77. The van der Waals surface area contributed by atoms with Crippen LogP contribution in [0.2, 0.25) is 0 Å². The van der Waals surface area contributed by atoms with Crippen LogP contribution in [0.25, 0.3) is 0 Å². The smallest absolute Gasteiger partial charge is 0.392 e. The summed E-state index contributed by atoms with van der Waals surface area (Å²) in [6.45, 7) is -0.323. The number of likely N-dealkylation sites (N-methyl/N-ethyl adjacent to an activating group) is 1. The molecule has 19 heavy (non-hydrogen) atoms. The summed E-state index contributed by atoms with van der Waals surface area (Å²) in [5.41, 5.74) is 0. The van der Waals surface area contributed by atoms with E-state index in [0.717, 1.165) is 4.90 Å². The molecule has 1 aliphatic carbocycles. The zero-order valence-electron chi connectivity index (χ0n) is 11.0. The Labute approximate surface area is 109 Å². The Balaban J connectivity index is 2.74. The Morgan fingerprint density at radius 2 is 1.84 bits per heavy atom. The summed E-state index contributed by atoms with van der Waals surface area (Å²) in [6, 6.07) is 0. The van der Waals surface area contributed by atoms with Crippen LogP contribution in [0.1, 0.15) is 25.7 Å². The molecule has 7 heteroatoms. The van der Waals surface area contributed by atoms with E-state index in [1.807, 2.05) is 0 Å². The third-order valence-corrected chi connectivity index (χ3v) is 3.47. The van der Waals surface area contributed by atoms with Crippen molar-refractivity contribution in [1.82, 2.24) is 4.90 Å². The molecular weight excluding hydrogens is 263 g/mol. The summed E-state index contributed by atoms with van der Waals surface area (Å²) in [5, 5.41) is 0. The van der Waals surface area contributed by atoms with E-state index in [9.17, 15) is 22.8 Å². The first-order valence-electron chi connectivity index (χ1n) is 6.16. The van der Waals surface area contributed by atoms with Gasteiger partial charge in [0, 0.05) is 13.0 Å². The Kier molecular flexibility index (Phi) is 5.20. The van der Waals surface area contributed by atoms with Crippen LogP contribution in [0.5, 0.6) is 0 Å². The topological polar surface area (TPSA) is 46.6 Å². The third kappa shape index (κ3) is 4.11. The van der Waals surface area contributed by atoms with Crippen molar-refractivity contribution < 1.29 is 27.5 Å². The van der Waals surface area contributed by atoms with Crippen LogP contribution in [0.15, 0.2) is 0 Å². The van der Waals surface area contributed by atoms with E-state index in [-0.39, 0.29) is 19.4 Å². The van der Waals surface area contributed by atoms with E-state index in [1.54, 1.807) is 0 Å². The number of carbonyl (C=O) groups is 2. The van der Waals surface area contributed by atoms with Crippen molar-refractivity contribution in [3.8, 4) is 0 Å². The molecule has 0 saturated heterocycles. The minimum absolute atomic E-state index is 0.0219. The van der Waals surface area contributed by atoms with E-state index in [4.69, 9.17) is 0 Å². The van der Waals surface area contributed by atoms with Crippen molar-refractivity contribution in [1.29, 1.82) is 0 Å². The lowest BCUT2D eigenvalue weighted by molar-refractivity contribution is -0.200. The lowest BCUT2D eigenvalue weighted by Gasteiger charge is -2.34. The zero-order valence-corrected chi connectivity index (χ0v) is 11.0. The van der Waals surface area contributed by atoms with Gasteiger partial charge in [0.25, 0.3) is 0 Å². The highest BCUT2D eigenvalue weighted by atomic mass is 19.4. The van der Waals surface area contributed by atoms with E-state index < -0.39 is 29.9 Å². The lowest BCUT2D eigenvalue weighted by Crippen LogP contribution is -2.44. The molecule has 4 nitrogen and oxygen atoms in total. The number of esters is 1. The largest absolute Gasteiger partial charge is 0.468 e. The molecule has 0 N–H and O–H groups in total. The molecule has 2 unspecified atom stereocenters. The number of ether oxygens (including phenoxy) is 1. The quantitative estimate of drug-likeness (QED) is 0.743. The molecule has 0 aromatic heterocycles. The predicted octanol–water partition coefficient (Wildman–Crippen LogP) is 1.99. The van der Waals surface area contributed by atoms with Crippen LogP contribution >= 0.6 is 0 Å². The maximum absolute atomic E-state index is 12.9. The molecule has 0 heterocycles. The molecular formula is C12H18F3NO3. The van der Waals surface area contributed by atoms with Gasteiger partial charge in [-0.2, -0.15) is 13.2 Å². The highest BCUT2D eigenvalue weighted by Gasteiger charge is 2.48. The average Bonchev–Trinajstić information content (AvgIpc) is 2.36. The summed E-state index contributed by atoms with van der Waals surface area (Å²) < 4.78 is 43.0. The summed E-state index contributed by atoms with van der Waals surface area (Å²) in [5.74, 6) is -3.96. The Hall–Kier alpha value is -1.27. The highest BCUT2D eigenvalue weighted by molar-refractivity contribution is 5.83. The molecule has 1 saturated carbocycles. The maximum atomic E-state index is 12.9. The molecule has 0 aromatic rings. The summed E-state index contributed by atoms with van der Waals surface area (Å²) >= 11 is 0. The summed E-state index contributed by atoms with van der Waals surface area (Å²) in [7, 11) is 2.49. The molecule has 0 spiro atoms. The van der Waals surface area contributed by atoms with Gasteiger partial charge in [-0.3, -0.25) is 9.59 Å². The normalized spacial score (nSPS) is 23.8. The highest BCUT2D eigenvalue weighted by Crippen LogP contribution is 2.42. The van der Waals surface area contributed by atoms with Crippen LogP contribution in [0.3, 0.4) is 0 Å². The lowest BCUT2D eigenvalue weighted by atomic mass is 9.78. The number of nitrogens with zero attached hydrogens (tertiary/aromatic N) is 1. The fourth-order valence-corrected chi connectivity index (χ4v) is 2.44. The van der Waals surface area contributed by atoms with Gasteiger partial charge < -0.3 is 9.64 Å². The van der Waals surface area contributed by atoms with Gasteiger partial charge in [0.2, 0.25) is 5.91 Å². The molecule has 0 aliphatic heterocycles. The second kappa shape index (κ2) is 6.25. The third-order valence-electron chi connectivity index (χ3n) is 3.47. The molecule has 0 radical (unpaired) electrons. The van der Waals surface area contributed by atoms with Crippen LogP contribution in [-0.2, 0) is 14.3 Å². The van der Waals surface area contributed by atoms with Gasteiger partial charge in [-0.1, -0.05) is 12.8 Å². The van der Waals surface area contributed by atoms with Gasteiger partial charge in [-0.15, -0.1) is 0 Å². The van der Waals surface area contributed by atoms with Crippen molar-refractivity contribution in [3.63, 3.8) is 0 Å². The molecule has 0 bridgehead atoms. The van der Waals surface area contributed by atoms with Gasteiger partial charge in [0.1, 0.15) is 6.54 Å². The summed E-state index contributed by atoms with van der Waals surface area (Å²) in [6.07, 6.45) is -3.09. The maximum Gasteiger partial charge on any atom is 0.392 e. The number of halogens is 3. The van der Waals surface area contributed by atoms with Gasteiger partial charge in [-0.05, 0) is 12.8 Å². The number of methoxy groups -OCH3 is 1. The number of alkyl halides is 3. The Morgan fingerprint density at radius 1 is 1.26 bits per heavy atom. The van der Waals surface area contributed by atoms with Crippen LogP contribution in [-0.4, -0.2) is 43.7 Å². The van der Waals surface area contributed by atoms with Gasteiger partial charge >= 0.3 is 12.1 Å². The molecule has 110 valence electrons. The minimum atomic E-state index is -4.37. The standard InChI is InChI=1S/C12H18F3NO3/c1-16(7-10(17)19-2)11(18)8-5-3-4-6-9(8)12(13,14)15/h8-9H,3-7H2,1-2H3. The monoisotopic (exact) mass is 281 g/mol. The van der Waals surface area contributed by atoms with Gasteiger partial charge in [0.05, 0.1) is 13.0 Å². The number of amides is 1. The second-order valence-corrected chi connectivity index (χ2v) is 4.81. The zero-order chi connectivity index (χ0) is 14.6. The molecule has 1 aliphatic rings. The molecule has 2 atom stereocenters. The van der Waals surface area contributed by atoms with Crippen molar-refractivity contribution in [2.24, 2.45) is 11.8 Å². The number of hydrogen-bond acceptors (Lipinski definition) is 3. The first-order valence-corrected chi connectivity index (χ1v) is 6.16. The molecule has 1 amide bonds. The number of carbonyl (C=O) groups excluding carboxylic acids is 2. The van der Waals surface area contributed by atoms with Crippen molar-refractivity contribution in [3.05, 3.63) is 0 Å². The van der Waals surface area contributed by atoms with E-state index in [1.165, 1.54) is 14.2 Å². The Morgan fingerprint density at radius 3 is 2.37 bits per heavy atom. The number of rotatable bonds is 3.